The highest BCUT2D eigenvalue weighted by Crippen LogP contribution is 2.42. The molecule has 0 bridgehead atoms. The summed E-state index contributed by atoms with van der Waals surface area (Å²) in [7, 11) is 0. The van der Waals surface area contributed by atoms with E-state index >= 15 is 0 Å². The van der Waals surface area contributed by atoms with Crippen LogP contribution in [-0.4, -0.2) is 12.4 Å². The molecule has 0 unspecified atom stereocenters. The van der Waals surface area contributed by atoms with Crippen molar-refractivity contribution in [1.82, 2.24) is 0 Å². The predicted octanol–water partition coefficient (Wildman–Crippen LogP) is 5.49. The number of halogens is 1. The Kier molecular flexibility index (Phi) is 4.46. The molecule has 21 heavy (non-hydrogen) atoms. The van der Waals surface area contributed by atoms with E-state index in [1.807, 2.05) is 30.3 Å². The second-order valence-corrected chi connectivity index (χ2v) is 6.53. The molecule has 0 aliphatic heterocycles. The fourth-order valence-electron chi connectivity index (χ4n) is 2.68. The van der Waals surface area contributed by atoms with Crippen molar-refractivity contribution in [2.45, 2.75) is 19.3 Å². The number of ether oxygens (including phenoxy) is 1. The van der Waals surface area contributed by atoms with Crippen LogP contribution in [0.4, 0.5) is 0 Å². The van der Waals surface area contributed by atoms with Crippen LogP contribution in [-0.2, 0) is 0 Å². The quantitative estimate of drug-likeness (QED) is 0.718. The molecule has 110 valence electrons. The molecule has 0 spiro atoms. The lowest BCUT2D eigenvalue weighted by Gasteiger charge is -2.40. The fourth-order valence-corrected chi connectivity index (χ4v) is 3.33. The first-order valence-corrected chi connectivity index (χ1v) is 8.32. The summed E-state index contributed by atoms with van der Waals surface area (Å²) >= 11 is 10.8. The Morgan fingerprint density at radius 2 is 1.81 bits per heavy atom. The van der Waals surface area contributed by atoms with E-state index in [-0.39, 0.29) is 5.41 Å². The predicted molar refractivity (Wildman–Crippen MR) is 92.5 cm³/mol. The maximum atomic E-state index is 6.37. The summed E-state index contributed by atoms with van der Waals surface area (Å²) in [4.78, 5) is 0. The van der Waals surface area contributed by atoms with Gasteiger partial charge in [0.2, 0.25) is 0 Å². The van der Waals surface area contributed by atoms with Gasteiger partial charge in [-0.2, -0.15) is 12.6 Å². The molecule has 3 heteroatoms. The number of benzene rings is 2. The average Bonchev–Trinajstić information content (AvgIpc) is 2.49. The molecule has 0 saturated heterocycles. The van der Waals surface area contributed by atoms with Crippen LogP contribution in [0.3, 0.4) is 0 Å². The van der Waals surface area contributed by atoms with E-state index in [9.17, 15) is 0 Å². The first-order chi connectivity index (χ1) is 10.2. The smallest absolute Gasteiger partial charge is 0.137 e. The van der Waals surface area contributed by atoms with Gasteiger partial charge in [0.15, 0.2) is 0 Å². The van der Waals surface area contributed by atoms with Crippen molar-refractivity contribution in [3.63, 3.8) is 0 Å². The Morgan fingerprint density at radius 1 is 1.05 bits per heavy atom. The molecule has 0 aromatic heterocycles. The summed E-state index contributed by atoms with van der Waals surface area (Å²) in [6, 6.07) is 16.2. The lowest BCUT2D eigenvalue weighted by Crippen LogP contribution is -2.37. The van der Waals surface area contributed by atoms with E-state index in [1.54, 1.807) is 0 Å². The average molecular weight is 319 g/mol. The number of thiol groups is 1. The SMILES string of the molecule is SCC1(COc2ccc(-c3ccccc3)cc2Cl)CCC1. The van der Waals surface area contributed by atoms with Crippen molar-refractivity contribution in [2.24, 2.45) is 5.41 Å². The monoisotopic (exact) mass is 318 g/mol. The molecular weight excluding hydrogens is 300 g/mol. The molecule has 1 aliphatic rings. The van der Waals surface area contributed by atoms with E-state index in [1.165, 1.54) is 19.3 Å². The van der Waals surface area contributed by atoms with Crippen LogP contribution in [0.2, 0.25) is 5.02 Å². The molecule has 0 N–H and O–H groups in total. The summed E-state index contributed by atoms with van der Waals surface area (Å²) in [5, 5.41) is 0.671. The van der Waals surface area contributed by atoms with Crippen LogP contribution in [0.15, 0.2) is 48.5 Å². The fraction of sp³-hybridized carbons (Fsp3) is 0.333. The molecular formula is C18H19ClOS. The molecule has 1 fully saturated rings. The van der Waals surface area contributed by atoms with E-state index in [0.717, 1.165) is 22.6 Å². The Labute approximate surface area is 136 Å². The van der Waals surface area contributed by atoms with Gasteiger partial charge in [0.1, 0.15) is 5.75 Å². The second-order valence-electron chi connectivity index (χ2n) is 5.81. The molecule has 1 aliphatic carbocycles. The van der Waals surface area contributed by atoms with E-state index in [4.69, 9.17) is 16.3 Å². The molecule has 1 nitrogen and oxygen atoms in total. The zero-order chi connectivity index (χ0) is 14.7. The summed E-state index contributed by atoms with van der Waals surface area (Å²) in [5.41, 5.74) is 2.53. The molecule has 3 rings (SSSR count). The zero-order valence-electron chi connectivity index (χ0n) is 11.9. The van der Waals surface area contributed by atoms with E-state index in [2.05, 4.69) is 30.8 Å². The van der Waals surface area contributed by atoms with E-state index < -0.39 is 0 Å². The number of rotatable bonds is 5. The summed E-state index contributed by atoms with van der Waals surface area (Å²) in [6.45, 7) is 0.709. The minimum absolute atomic E-state index is 0.255. The summed E-state index contributed by atoms with van der Waals surface area (Å²) < 4.78 is 5.94. The van der Waals surface area contributed by atoms with Gasteiger partial charge in [-0.3, -0.25) is 0 Å². The lowest BCUT2D eigenvalue weighted by atomic mass is 9.71. The Hall–Kier alpha value is -1.12. The molecule has 0 radical (unpaired) electrons. The Bertz CT molecular complexity index is 602. The third-order valence-electron chi connectivity index (χ3n) is 4.32. The van der Waals surface area contributed by atoms with Gasteiger partial charge in [-0.15, -0.1) is 0 Å². The normalized spacial score (nSPS) is 16.3. The van der Waals surface area contributed by atoms with Gasteiger partial charge in [-0.25, -0.2) is 0 Å². The van der Waals surface area contributed by atoms with Crippen molar-refractivity contribution in [1.29, 1.82) is 0 Å². The highest BCUT2D eigenvalue weighted by atomic mass is 35.5. The van der Waals surface area contributed by atoms with Crippen LogP contribution in [0, 0.1) is 5.41 Å². The van der Waals surface area contributed by atoms with Crippen molar-refractivity contribution in [2.75, 3.05) is 12.4 Å². The van der Waals surface area contributed by atoms with Gasteiger partial charge in [-0.05, 0) is 41.9 Å². The summed E-state index contributed by atoms with van der Waals surface area (Å²) in [6.07, 6.45) is 3.69. The number of hydrogen-bond donors (Lipinski definition) is 1. The van der Waals surface area contributed by atoms with Gasteiger partial charge in [-0.1, -0.05) is 54.4 Å². The van der Waals surface area contributed by atoms with Gasteiger partial charge >= 0.3 is 0 Å². The van der Waals surface area contributed by atoms with Crippen LogP contribution in [0.1, 0.15) is 19.3 Å². The minimum Gasteiger partial charge on any atom is -0.491 e. The first kappa shape index (κ1) is 14.8. The van der Waals surface area contributed by atoms with Crippen molar-refractivity contribution in [3.05, 3.63) is 53.6 Å². The molecule has 0 amide bonds. The van der Waals surface area contributed by atoms with Gasteiger partial charge in [0.05, 0.1) is 11.6 Å². The third kappa shape index (κ3) is 3.22. The second kappa shape index (κ2) is 6.33. The van der Waals surface area contributed by atoms with Crippen LogP contribution >= 0.6 is 24.2 Å². The maximum Gasteiger partial charge on any atom is 0.137 e. The van der Waals surface area contributed by atoms with Crippen LogP contribution < -0.4 is 4.74 Å². The maximum absolute atomic E-state index is 6.37. The lowest BCUT2D eigenvalue weighted by molar-refractivity contribution is 0.0830. The topological polar surface area (TPSA) is 9.23 Å². The van der Waals surface area contributed by atoms with Crippen LogP contribution in [0.5, 0.6) is 5.75 Å². The highest BCUT2D eigenvalue weighted by molar-refractivity contribution is 7.80. The Balaban J connectivity index is 1.73. The molecule has 1 saturated carbocycles. The molecule has 0 heterocycles. The van der Waals surface area contributed by atoms with Crippen molar-refractivity contribution < 1.29 is 4.74 Å². The number of hydrogen-bond acceptors (Lipinski definition) is 2. The molecule has 2 aromatic rings. The Morgan fingerprint density at radius 3 is 2.38 bits per heavy atom. The molecule has 0 atom stereocenters. The van der Waals surface area contributed by atoms with Crippen LogP contribution in [0.25, 0.3) is 11.1 Å². The van der Waals surface area contributed by atoms with Crippen molar-refractivity contribution in [3.8, 4) is 16.9 Å². The van der Waals surface area contributed by atoms with E-state index in [0.29, 0.717) is 11.6 Å². The van der Waals surface area contributed by atoms with Crippen molar-refractivity contribution >= 4 is 24.2 Å². The largest absolute Gasteiger partial charge is 0.491 e. The van der Waals surface area contributed by atoms with Gasteiger partial charge in [0, 0.05) is 5.41 Å². The highest BCUT2D eigenvalue weighted by Gasteiger charge is 2.36. The van der Waals surface area contributed by atoms with Gasteiger partial charge < -0.3 is 4.74 Å². The minimum atomic E-state index is 0.255. The summed E-state index contributed by atoms with van der Waals surface area (Å²) in [5.74, 6) is 1.65. The standard InChI is InChI=1S/C18H19ClOS/c19-16-11-15(14-5-2-1-3-6-14)7-8-17(16)20-12-18(13-21)9-4-10-18/h1-3,5-8,11,21H,4,9-10,12-13H2. The zero-order valence-corrected chi connectivity index (χ0v) is 13.5. The first-order valence-electron chi connectivity index (χ1n) is 7.31. The third-order valence-corrected chi connectivity index (χ3v) is 5.29. The van der Waals surface area contributed by atoms with Gasteiger partial charge in [0.25, 0.3) is 0 Å². The molecule has 2 aromatic carbocycles.